The number of hydrogen-bond acceptors (Lipinski definition) is 5. The Bertz CT molecular complexity index is 394. The average Bonchev–Trinajstić information content (AvgIpc) is 2.31. The summed E-state index contributed by atoms with van der Waals surface area (Å²) < 4.78 is 0. The second kappa shape index (κ2) is 2.13. The van der Waals surface area contributed by atoms with Crippen LogP contribution in [0.15, 0.2) is 6.33 Å². The van der Waals surface area contributed by atoms with E-state index in [1.807, 2.05) is 6.92 Å². The van der Waals surface area contributed by atoms with Gasteiger partial charge in [-0.3, -0.25) is 0 Å². The monoisotopic (exact) mass is 166 g/mol. The predicted molar refractivity (Wildman–Crippen MR) is 44.4 cm³/mol. The lowest BCUT2D eigenvalue weighted by Crippen LogP contribution is -1.85. The Morgan fingerprint density at radius 3 is 3.00 bits per heavy atom. The number of fused-ring (bicyclic) bond motifs is 1. The Kier molecular flexibility index (Phi) is 1.25. The minimum Gasteiger partial charge on any atom is -0.375 e. The Labute approximate surface area is 67.1 Å². The molecule has 0 saturated heterocycles. The molecule has 0 aliphatic carbocycles. The fourth-order valence-corrected chi connectivity index (χ4v) is 1.61. The molecule has 5 heteroatoms. The van der Waals surface area contributed by atoms with Crippen LogP contribution in [-0.2, 0) is 0 Å². The Balaban J connectivity index is 2.90. The average molecular weight is 166 g/mol. The lowest BCUT2D eigenvalue weighted by atomic mass is 10.4. The van der Waals surface area contributed by atoms with Crippen LogP contribution in [0.2, 0.25) is 0 Å². The summed E-state index contributed by atoms with van der Waals surface area (Å²) in [7, 11) is 0. The van der Waals surface area contributed by atoms with Crippen molar-refractivity contribution in [2.45, 2.75) is 6.92 Å². The SMILES string of the molecule is Cc1ncnc2sc(N)nc12. The van der Waals surface area contributed by atoms with E-state index in [4.69, 9.17) is 5.73 Å². The van der Waals surface area contributed by atoms with E-state index in [1.165, 1.54) is 17.7 Å². The third kappa shape index (κ3) is 0.932. The van der Waals surface area contributed by atoms with Crippen molar-refractivity contribution in [2.24, 2.45) is 0 Å². The van der Waals surface area contributed by atoms with Crippen molar-refractivity contribution in [1.29, 1.82) is 0 Å². The second-order valence-corrected chi connectivity index (χ2v) is 3.17. The number of nitrogen functional groups attached to an aromatic ring is 1. The first-order chi connectivity index (χ1) is 5.27. The number of aryl methyl sites for hydroxylation is 1. The largest absolute Gasteiger partial charge is 0.375 e. The maximum Gasteiger partial charge on any atom is 0.182 e. The van der Waals surface area contributed by atoms with Gasteiger partial charge < -0.3 is 5.73 Å². The highest BCUT2D eigenvalue weighted by Gasteiger charge is 2.03. The van der Waals surface area contributed by atoms with Crippen LogP contribution in [0.5, 0.6) is 0 Å². The van der Waals surface area contributed by atoms with Gasteiger partial charge in [-0.25, -0.2) is 15.0 Å². The van der Waals surface area contributed by atoms with E-state index in [1.54, 1.807) is 0 Å². The van der Waals surface area contributed by atoms with Crippen molar-refractivity contribution in [3.8, 4) is 0 Å². The molecule has 0 saturated carbocycles. The van der Waals surface area contributed by atoms with Crippen LogP contribution in [0.4, 0.5) is 5.13 Å². The van der Waals surface area contributed by atoms with E-state index >= 15 is 0 Å². The molecule has 0 amide bonds. The van der Waals surface area contributed by atoms with Crippen molar-refractivity contribution in [3.63, 3.8) is 0 Å². The van der Waals surface area contributed by atoms with Gasteiger partial charge >= 0.3 is 0 Å². The van der Waals surface area contributed by atoms with Gasteiger partial charge in [0, 0.05) is 0 Å². The van der Waals surface area contributed by atoms with Crippen LogP contribution in [0.3, 0.4) is 0 Å². The first-order valence-electron chi connectivity index (χ1n) is 3.11. The molecule has 0 aliphatic heterocycles. The lowest BCUT2D eigenvalue weighted by molar-refractivity contribution is 1.15. The minimum atomic E-state index is 0.545. The van der Waals surface area contributed by atoms with Gasteiger partial charge in [0.25, 0.3) is 0 Å². The van der Waals surface area contributed by atoms with Crippen LogP contribution in [0.1, 0.15) is 5.69 Å². The molecule has 2 aromatic heterocycles. The van der Waals surface area contributed by atoms with Gasteiger partial charge in [0.15, 0.2) is 5.13 Å². The Morgan fingerprint density at radius 2 is 2.27 bits per heavy atom. The number of thiazole rings is 1. The minimum absolute atomic E-state index is 0.545. The number of anilines is 1. The molecule has 0 aromatic carbocycles. The maximum atomic E-state index is 5.50. The topological polar surface area (TPSA) is 64.7 Å². The van der Waals surface area contributed by atoms with Crippen LogP contribution < -0.4 is 5.73 Å². The number of nitrogens with two attached hydrogens (primary N) is 1. The molecule has 0 bridgehead atoms. The van der Waals surface area contributed by atoms with Gasteiger partial charge in [0.2, 0.25) is 0 Å². The molecule has 2 aromatic rings. The molecule has 2 N–H and O–H groups in total. The first kappa shape index (κ1) is 6.48. The highest BCUT2D eigenvalue weighted by Crippen LogP contribution is 2.21. The standard InChI is InChI=1S/C6H6N4S/c1-3-4-5(9-2-8-3)11-6(7)10-4/h2H,1H3,(H2,7,10). The lowest BCUT2D eigenvalue weighted by Gasteiger charge is -1.88. The van der Waals surface area contributed by atoms with Crippen molar-refractivity contribution in [1.82, 2.24) is 15.0 Å². The van der Waals surface area contributed by atoms with Crippen LogP contribution in [0.25, 0.3) is 10.3 Å². The molecule has 2 heterocycles. The molecule has 0 aliphatic rings. The fraction of sp³-hybridized carbons (Fsp3) is 0.167. The van der Waals surface area contributed by atoms with E-state index in [0.717, 1.165) is 16.0 Å². The zero-order valence-corrected chi connectivity index (χ0v) is 6.72. The van der Waals surface area contributed by atoms with E-state index < -0.39 is 0 Å². The molecule has 56 valence electrons. The third-order valence-electron chi connectivity index (χ3n) is 1.39. The molecular weight excluding hydrogens is 160 g/mol. The van der Waals surface area contributed by atoms with E-state index in [0.29, 0.717) is 5.13 Å². The number of hydrogen-bond donors (Lipinski definition) is 1. The van der Waals surface area contributed by atoms with E-state index in [9.17, 15) is 0 Å². The molecule has 2 rings (SSSR count). The molecule has 0 radical (unpaired) electrons. The second-order valence-electron chi connectivity index (χ2n) is 2.16. The van der Waals surface area contributed by atoms with Crippen molar-refractivity contribution in [2.75, 3.05) is 5.73 Å². The zero-order chi connectivity index (χ0) is 7.84. The van der Waals surface area contributed by atoms with Crippen LogP contribution in [-0.4, -0.2) is 15.0 Å². The summed E-state index contributed by atoms with van der Waals surface area (Å²) in [6.45, 7) is 1.89. The normalized spacial score (nSPS) is 10.6. The summed E-state index contributed by atoms with van der Waals surface area (Å²) in [5.74, 6) is 0. The quantitative estimate of drug-likeness (QED) is 0.633. The van der Waals surface area contributed by atoms with E-state index in [-0.39, 0.29) is 0 Å². The first-order valence-corrected chi connectivity index (χ1v) is 3.92. The Morgan fingerprint density at radius 1 is 1.45 bits per heavy atom. The van der Waals surface area contributed by atoms with Crippen LogP contribution >= 0.6 is 11.3 Å². The smallest absolute Gasteiger partial charge is 0.182 e. The highest BCUT2D eigenvalue weighted by molar-refractivity contribution is 7.21. The summed E-state index contributed by atoms with van der Waals surface area (Å²) in [5.41, 5.74) is 7.19. The summed E-state index contributed by atoms with van der Waals surface area (Å²) in [6, 6.07) is 0. The fourth-order valence-electron chi connectivity index (χ4n) is 0.880. The summed E-state index contributed by atoms with van der Waals surface area (Å²) in [6.07, 6.45) is 1.52. The van der Waals surface area contributed by atoms with Gasteiger partial charge in [-0.05, 0) is 6.92 Å². The molecule has 4 nitrogen and oxygen atoms in total. The van der Waals surface area contributed by atoms with Gasteiger partial charge in [-0.2, -0.15) is 0 Å². The van der Waals surface area contributed by atoms with Gasteiger partial charge in [0.05, 0.1) is 5.69 Å². The van der Waals surface area contributed by atoms with Gasteiger partial charge in [0.1, 0.15) is 16.7 Å². The van der Waals surface area contributed by atoms with E-state index in [2.05, 4.69) is 15.0 Å². The van der Waals surface area contributed by atoms with Crippen LogP contribution in [0, 0.1) is 6.92 Å². The molecule has 11 heavy (non-hydrogen) atoms. The Hall–Kier alpha value is -1.23. The summed E-state index contributed by atoms with van der Waals surface area (Å²) in [4.78, 5) is 13.0. The number of aromatic nitrogens is 3. The molecule has 0 atom stereocenters. The summed E-state index contributed by atoms with van der Waals surface area (Å²) in [5, 5.41) is 0.545. The van der Waals surface area contributed by atoms with Crippen molar-refractivity contribution in [3.05, 3.63) is 12.0 Å². The zero-order valence-electron chi connectivity index (χ0n) is 5.90. The molecule has 0 spiro atoms. The van der Waals surface area contributed by atoms with Crippen molar-refractivity contribution < 1.29 is 0 Å². The molecule has 0 fully saturated rings. The molecular formula is C6H6N4S. The number of rotatable bonds is 0. The number of nitrogens with zero attached hydrogens (tertiary/aromatic N) is 3. The summed E-state index contributed by atoms with van der Waals surface area (Å²) >= 11 is 1.38. The van der Waals surface area contributed by atoms with Gasteiger partial charge in [-0.15, -0.1) is 0 Å². The van der Waals surface area contributed by atoms with Crippen molar-refractivity contribution >= 4 is 26.8 Å². The molecule has 0 unspecified atom stereocenters. The van der Waals surface area contributed by atoms with Gasteiger partial charge in [-0.1, -0.05) is 11.3 Å². The highest BCUT2D eigenvalue weighted by atomic mass is 32.1. The maximum absolute atomic E-state index is 5.50. The third-order valence-corrected chi connectivity index (χ3v) is 2.19. The predicted octanol–water partition coefficient (Wildman–Crippen LogP) is 0.977.